The van der Waals surface area contributed by atoms with Gasteiger partial charge in [-0.25, -0.2) is 4.98 Å². The number of hydrogen-bond donors (Lipinski definition) is 2. The Balaban J connectivity index is 2.14. The molecule has 1 aromatic heterocycles. The van der Waals surface area contributed by atoms with Gasteiger partial charge in [0.2, 0.25) is 0 Å². The van der Waals surface area contributed by atoms with E-state index in [1.54, 1.807) is 31.4 Å². The van der Waals surface area contributed by atoms with E-state index < -0.39 is 0 Å². The van der Waals surface area contributed by atoms with Gasteiger partial charge in [-0.05, 0) is 25.1 Å². The van der Waals surface area contributed by atoms with Crippen molar-refractivity contribution >= 4 is 23.2 Å². The van der Waals surface area contributed by atoms with E-state index in [2.05, 4.69) is 22.5 Å². The summed E-state index contributed by atoms with van der Waals surface area (Å²) in [5.41, 5.74) is 1.29. The van der Waals surface area contributed by atoms with Crippen LogP contribution in [0, 0.1) is 0 Å². The molecule has 0 atom stereocenters. The Kier molecular flexibility index (Phi) is 4.63. The molecule has 0 radical (unpaired) electrons. The van der Waals surface area contributed by atoms with E-state index in [-0.39, 0.29) is 5.91 Å². The van der Waals surface area contributed by atoms with Gasteiger partial charge in [0.1, 0.15) is 5.82 Å². The standard InChI is InChI=1S/C14H17ClN4O/c1-3-19-7-6-17-13(19)9-18-12-8-10(14(20)16-2)4-5-11(12)15/h4-8,18H,3,9H2,1-2H3,(H,16,20). The van der Waals surface area contributed by atoms with Crippen LogP contribution in [0.4, 0.5) is 5.69 Å². The number of anilines is 1. The summed E-state index contributed by atoms with van der Waals surface area (Å²) in [6.45, 7) is 3.48. The first-order chi connectivity index (χ1) is 9.65. The van der Waals surface area contributed by atoms with Gasteiger partial charge < -0.3 is 15.2 Å². The maximum absolute atomic E-state index is 11.6. The predicted octanol–water partition coefficient (Wildman–Crippen LogP) is 2.53. The minimum atomic E-state index is -0.139. The molecule has 0 aliphatic rings. The summed E-state index contributed by atoms with van der Waals surface area (Å²) in [6, 6.07) is 5.14. The molecule has 1 amide bonds. The van der Waals surface area contributed by atoms with Crippen molar-refractivity contribution in [2.24, 2.45) is 0 Å². The lowest BCUT2D eigenvalue weighted by Gasteiger charge is -2.11. The van der Waals surface area contributed by atoms with Crippen molar-refractivity contribution in [2.45, 2.75) is 20.0 Å². The predicted molar refractivity (Wildman–Crippen MR) is 80.1 cm³/mol. The van der Waals surface area contributed by atoms with Crippen LogP contribution in [-0.2, 0) is 13.1 Å². The first kappa shape index (κ1) is 14.4. The lowest BCUT2D eigenvalue weighted by atomic mass is 10.2. The zero-order chi connectivity index (χ0) is 14.5. The average Bonchev–Trinajstić information content (AvgIpc) is 2.93. The van der Waals surface area contributed by atoms with E-state index in [0.717, 1.165) is 18.1 Å². The molecule has 0 fully saturated rings. The van der Waals surface area contributed by atoms with Crippen molar-refractivity contribution in [2.75, 3.05) is 12.4 Å². The second kappa shape index (κ2) is 6.43. The maximum Gasteiger partial charge on any atom is 0.251 e. The number of carbonyl (C=O) groups excluding carboxylic acids is 1. The number of halogens is 1. The Hall–Kier alpha value is -2.01. The summed E-state index contributed by atoms with van der Waals surface area (Å²) in [6.07, 6.45) is 3.70. The monoisotopic (exact) mass is 292 g/mol. The van der Waals surface area contributed by atoms with Crippen molar-refractivity contribution in [1.82, 2.24) is 14.9 Å². The molecule has 0 aliphatic carbocycles. The third-order valence-electron chi connectivity index (χ3n) is 3.03. The molecule has 0 saturated carbocycles. The zero-order valence-electron chi connectivity index (χ0n) is 11.5. The highest BCUT2D eigenvalue weighted by molar-refractivity contribution is 6.33. The van der Waals surface area contributed by atoms with Gasteiger partial charge in [0, 0.05) is 31.5 Å². The van der Waals surface area contributed by atoms with Crippen LogP contribution >= 0.6 is 11.6 Å². The smallest absolute Gasteiger partial charge is 0.251 e. The van der Waals surface area contributed by atoms with Crippen LogP contribution in [0.2, 0.25) is 5.02 Å². The molecule has 0 aliphatic heterocycles. The molecule has 1 heterocycles. The van der Waals surface area contributed by atoms with Crippen LogP contribution in [0.25, 0.3) is 0 Å². The molecule has 2 aromatic rings. The van der Waals surface area contributed by atoms with Gasteiger partial charge in [-0.3, -0.25) is 4.79 Å². The topological polar surface area (TPSA) is 59.0 Å². The Bertz CT molecular complexity index is 609. The van der Waals surface area contributed by atoms with Gasteiger partial charge in [0.15, 0.2) is 0 Å². The minimum absolute atomic E-state index is 0.139. The number of nitrogens with zero attached hydrogens (tertiary/aromatic N) is 2. The Morgan fingerprint density at radius 3 is 2.95 bits per heavy atom. The highest BCUT2D eigenvalue weighted by atomic mass is 35.5. The van der Waals surface area contributed by atoms with Gasteiger partial charge in [-0.1, -0.05) is 11.6 Å². The Morgan fingerprint density at radius 1 is 1.45 bits per heavy atom. The van der Waals surface area contributed by atoms with Crippen LogP contribution < -0.4 is 10.6 Å². The molecule has 106 valence electrons. The van der Waals surface area contributed by atoms with Gasteiger partial charge in [0.05, 0.1) is 17.3 Å². The molecular formula is C14H17ClN4O. The van der Waals surface area contributed by atoms with Crippen molar-refractivity contribution in [1.29, 1.82) is 0 Å². The van der Waals surface area contributed by atoms with E-state index in [0.29, 0.717) is 17.1 Å². The van der Waals surface area contributed by atoms with Crippen molar-refractivity contribution in [3.63, 3.8) is 0 Å². The van der Waals surface area contributed by atoms with Crippen LogP contribution in [0.5, 0.6) is 0 Å². The summed E-state index contributed by atoms with van der Waals surface area (Å²) in [7, 11) is 1.60. The van der Waals surface area contributed by atoms with E-state index in [9.17, 15) is 4.79 Å². The zero-order valence-corrected chi connectivity index (χ0v) is 12.2. The number of carbonyl (C=O) groups is 1. The van der Waals surface area contributed by atoms with Gasteiger partial charge >= 0.3 is 0 Å². The van der Waals surface area contributed by atoms with E-state index in [4.69, 9.17) is 11.6 Å². The molecule has 5 nitrogen and oxygen atoms in total. The van der Waals surface area contributed by atoms with Gasteiger partial charge in [-0.15, -0.1) is 0 Å². The van der Waals surface area contributed by atoms with E-state index in [1.807, 2.05) is 10.8 Å². The van der Waals surface area contributed by atoms with Crippen molar-refractivity contribution in [3.8, 4) is 0 Å². The largest absolute Gasteiger partial charge is 0.377 e. The highest BCUT2D eigenvalue weighted by Crippen LogP contribution is 2.23. The number of rotatable bonds is 5. The highest BCUT2D eigenvalue weighted by Gasteiger charge is 2.08. The third-order valence-corrected chi connectivity index (χ3v) is 3.36. The van der Waals surface area contributed by atoms with E-state index >= 15 is 0 Å². The molecule has 1 aromatic carbocycles. The van der Waals surface area contributed by atoms with Crippen molar-refractivity contribution < 1.29 is 4.79 Å². The summed E-state index contributed by atoms with van der Waals surface area (Å²) < 4.78 is 2.05. The normalized spacial score (nSPS) is 10.3. The SMILES string of the molecule is CCn1ccnc1CNc1cc(C(=O)NC)ccc1Cl. The van der Waals surface area contributed by atoms with Crippen LogP contribution in [0.3, 0.4) is 0 Å². The summed E-state index contributed by atoms with van der Waals surface area (Å²) >= 11 is 6.14. The molecule has 2 rings (SSSR count). The summed E-state index contributed by atoms with van der Waals surface area (Å²) in [5.74, 6) is 0.786. The fraction of sp³-hybridized carbons (Fsp3) is 0.286. The lowest BCUT2D eigenvalue weighted by Crippen LogP contribution is -2.18. The fourth-order valence-corrected chi connectivity index (χ4v) is 2.10. The molecule has 0 spiro atoms. The number of benzene rings is 1. The first-order valence-electron chi connectivity index (χ1n) is 6.41. The fourth-order valence-electron chi connectivity index (χ4n) is 1.92. The molecule has 20 heavy (non-hydrogen) atoms. The van der Waals surface area contributed by atoms with Crippen LogP contribution in [0.1, 0.15) is 23.1 Å². The second-order valence-electron chi connectivity index (χ2n) is 4.26. The van der Waals surface area contributed by atoms with Gasteiger partial charge in [0.25, 0.3) is 5.91 Å². The molecule has 0 bridgehead atoms. The van der Waals surface area contributed by atoms with Crippen LogP contribution in [0.15, 0.2) is 30.6 Å². The van der Waals surface area contributed by atoms with Crippen LogP contribution in [-0.4, -0.2) is 22.5 Å². The molecule has 2 N–H and O–H groups in total. The first-order valence-corrected chi connectivity index (χ1v) is 6.79. The number of nitrogens with one attached hydrogen (secondary N) is 2. The lowest BCUT2D eigenvalue weighted by molar-refractivity contribution is 0.0963. The number of aromatic nitrogens is 2. The number of amides is 1. The Labute approximate surface area is 123 Å². The molecule has 6 heteroatoms. The molecule has 0 saturated heterocycles. The number of aryl methyl sites for hydroxylation is 1. The molecule has 0 unspecified atom stereocenters. The number of imidazole rings is 1. The summed E-state index contributed by atoms with van der Waals surface area (Å²) in [5, 5.41) is 6.38. The summed E-state index contributed by atoms with van der Waals surface area (Å²) in [4.78, 5) is 15.9. The number of hydrogen-bond acceptors (Lipinski definition) is 3. The third kappa shape index (κ3) is 3.11. The average molecular weight is 293 g/mol. The van der Waals surface area contributed by atoms with Gasteiger partial charge in [-0.2, -0.15) is 0 Å². The maximum atomic E-state index is 11.6. The quantitative estimate of drug-likeness (QED) is 0.890. The van der Waals surface area contributed by atoms with Crippen molar-refractivity contribution in [3.05, 3.63) is 47.0 Å². The second-order valence-corrected chi connectivity index (χ2v) is 4.66. The minimum Gasteiger partial charge on any atom is -0.377 e. The Morgan fingerprint density at radius 2 is 2.25 bits per heavy atom. The molecular weight excluding hydrogens is 276 g/mol. The van der Waals surface area contributed by atoms with E-state index in [1.165, 1.54) is 0 Å².